The van der Waals surface area contributed by atoms with Crippen LogP contribution in [0, 0.1) is 26.2 Å². The minimum Gasteiger partial charge on any atom is -0.496 e. The Morgan fingerprint density at radius 2 is 1.69 bits per heavy atom. The third-order valence-electron chi connectivity index (χ3n) is 7.39. The Hall–Kier alpha value is -3.81. The lowest BCUT2D eigenvalue weighted by Crippen LogP contribution is -2.51. The van der Waals surface area contributed by atoms with Gasteiger partial charge in [-0.3, -0.25) is 19.8 Å². The van der Waals surface area contributed by atoms with Crippen LogP contribution in [0.1, 0.15) is 53.5 Å². The van der Waals surface area contributed by atoms with Crippen LogP contribution in [0.2, 0.25) is 0 Å². The molecule has 2 aromatic carbocycles. The van der Waals surface area contributed by atoms with E-state index in [-0.39, 0.29) is 23.1 Å². The van der Waals surface area contributed by atoms with E-state index >= 15 is 0 Å². The molecule has 0 radical (unpaired) electrons. The average molecular weight is 602 g/mol. The number of hydrogen-bond donors (Lipinski definition) is 5. The maximum Gasteiger partial charge on any atom is 0.305 e. The van der Waals surface area contributed by atoms with Gasteiger partial charge < -0.3 is 25.8 Å². The van der Waals surface area contributed by atoms with E-state index in [0.717, 1.165) is 19.3 Å². The van der Waals surface area contributed by atoms with Crippen LogP contribution in [0.25, 0.3) is 0 Å². The first-order chi connectivity index (χ1) is 19.7. The van der Waals surface area contributed by atoms with Gasteiger partial charge in [0, 0.05) is 18.7 Å². The number of amides is 2. The molecule has 2 aromatic rings. The highest BCUT2D eigenvalue weighted by molar-refractivity contribution is 7.89. The van der Waals surface area contributed by atoms with Crippen LogP contribution in [0.3, 0.4) is 0 Å². The zero-order valence-corrected chi connectivity index (χ0v) is 25.1. The number of carboxylic acids is 1. The predicted molar refractivity (Wildman–Crippen MR) is 157 cm³/mol. The number of aryl methyl sites for hydroxylation is 1. The lowest BCUT2D eigenvalue weighted by atomic mass is 10.0. The Morgan fingerprint density at radius 1 is 1.07 bits per heavy atom. The van der Waals surface area contributed by atoms with E-state index in [2.05, 4.69) is 10.0 Å². The number of nitrogens with one attached hydrogen (secondary N) is 3. The standard InChI is InChI=1S/C29H39N5O7S/c1-17-14-24(41-4)18(2)19(3)26(17)42(39,40)33-23(29(38)34-12-6-5-7-13-34)15-20-8-10-21(11-9-20)27(31)32-28(37)22(30)16-25(35)36/h8-11,14,22-23,33H,5-7,12-13,15-16,30H2,1-4H3,(H,35,36)(H2,31,32,37)/t22-,23-/m0/s1. The number of carboxylic acid groups (broad SMARTS) is 1. The van der Waals surface area contributed by atoms with E-state index in [4.69, 9.17) is 21.0 Å². The number of carbonyl (C=O) groups is 3. The first kappa shape index (κ1) is 32.7. The van der Waals surface area contributed by atoms with Crippen LogP contribution in [-0.2, 0) is 30.8 Å². The summed E-state index contributed by atoms with van der Waals surface area (Å²) in [5, 5.41) is 19.3. The molecular formula is C29H39N5O7S. The van der Waals surface area contributed by atoms with Crippen LogP contribution in [0.15, 0.2) is 35.2 Å². The fraction of sp³-hybridized carbons (Fsp3) is 0.448. The minimum absolute atomic E-state index is 0.0608. The molecule has 3 rings (SSSR count). The maximum atomic E-state index is 13.7. The van der Waals surface area contributed by atoms with Crippen molar-refractivity contribution in [3.05, 3.63) is 58.1 Å². The van der Waals surface area contributed by atoms with E-state index in [0.29, 0.717) is 46.7 Å². The summed E-state index contributed by atoms with van der Waals surface area (Å²) in [5.41, 5.74) is 8.25. The molecule has 228 valence electrons. The summed E-state index contributed by atoms with van der Waals surface area (Å²) in [4.78, 5) is 38.3. The molecule has 1 fully saturated rings. The van der Waals surface area contributed by atoms with Crippen molar-refractivity contribution in [3.8, 4) is 5.75 Å². The van der Waals surface area contributed by atoms with Crippen molar-refractivity contribution in [3.63, 3.8) is 0 Å². The Balaban J connectivity index is 1.85. The Morgan fingerprint density at radius 3 is 2.26 bits per heavy atom. The smallest absolute Gasteiger partial charge is 0.305 e. The highest BCUT2D eigenvalue weighted by Gasteiger charge is 2.32. The molecule has 0 spiro atoms. The van der Waals surface area contributed by atoms with Crippen molar-refractivity contribution in [1.82, 2.24) is 14.9 Å². The SMILES string of the molecule is COc1cc(C)c(S(=O)(=O)N[C@@H](Cc2ccc(C(=N)NC(=O)[C@@H](N)CC(=O)O)cc2)C(=O)N2CCCCC2)c(C)c1C. The summed E-state index contributed by atoms with van der Waals surface area (Å²) >= 11 is 0. The highest BCUT2D eigenvalue weighted by atomic mass is 32.2. The van der Waals surface area contributed by atoms with Gasteiger partial charge >= 0.3 is 5.97 Å². The average Bonchev–Trinajstić information content (AvgIpc) is 2.94. The number of nitrogens with two attached hydrogens (primary N) is 1. The second-order valence-electron chi connectivity index (χ2n) is 10.5. The summed E-state index contributed by atoms with van der Waals surface area (Å²) in [6, 6.07) is 5.68. The first-order valence-electron chi connectivity index (χ1n) is 13.7. The summed E-state index contributed by atoms with van der Waals surface area (Å²) in [6.45, 7) is 6.28. The number of aliphatic carboxylic acids is 1. The van der Waals surface area contributed by atoms with Crippen molar-refractivity contribution in [2.24, 2.45) is 5.73 Å². The molecule has 1 aliphatic heterocycles. The van der Waals surface area contributed by atoms with Gasteiger partial charge in [-0.1, -0.05) is 24.3 Å². The Labute approximate surface area is 246 Å². The number of likely N-dealkylation sites (tertiary alicyclic amines) is 1. The number of ether oxygens (including phenoxy) is 1. The fourth-order valence-electron chi connectivity index (χ4n) is 5.02. The molecule has 1 heterocycles. The molecule has 0 saturated carbocycles. The Bertz CT molecular complexity index is 1450. The van der Waals surface area contributed by atoms with Gasteiger partial charge in [0.25, 0.3) is 0 Å². The van der Waals surface area contributed by atoms with Crippen LogP contribution in [-0.4, -0.2) is 74.3 Å². The van der Waals surface area contributed by atoms with E-state index in [1.807, 2.05) is 0 Å². The van der Waals surface area contributed by atoms with Gasteiger partial charge in [-0.15, -0.1) is 0 Å². The number of hydrogen-bond acceptors (Lipinski definition) is 8. The van der Waals surface area contributed by atoms with Gasteiger partial charge in [0.15, 0.2) is 0 Å². The third kappa shape index (κ3) is 7.93. The van der Waals surface area contributed by atoms with Gasteiger partial charge in [0.05, 0.1) is 24.5 Å². The van der Waals surface area contributed by atoms with Crippen molar-refractivity contribution >= 4 is 33.6 Å². The van der Waals surface area contributed by atoms with Crippen molar-refractivity contribution in [1.29, 1.82) is 5.41 Å². The Kier molecular flexibility index (Phi) is 10.8. The zero-order valence-electron chi connectivity index (χ0n) is 24.3. The second kappa shape index (κ2) is 13.9. The van der Waals surface area contributed by atoms with Gasteiger partial charge in [-0.2, -0.15) is 4.72 Å². The number of carbonyl (C=O) groups excluding carboxylic acids is 2. The van der Waals surface area contributed by atoms with Crippen LogP contribution >= 0.6 is 0 Å². The maximum absolute atomic E-state index is 13.7. The molecule has 0 aromatic heterocycles. The minimum atomic E-state index is -4.11. The second-order valence-corrected chi connectivity index (χ2v) is 12.2. The monoisotopic (exact) mass is 601 g/mol. The highest BCUT2D eigenvalue weighted by Crippen LogP contribution is 2.31. The summed E-state index contributed by atoms with van der Waals surface area (Å²) in [7, 11) is -2.59. The molecular weight excluding hydrogens is 562 g/mol. The van der Waals surface area contributed by atoms with Gasteiger partial charge in [-0.25, -0.2) is 8.42 Å². The molecule has 2 amide bonds. The van der Waals surface area contributed by atoms with Gasteiger partial charge in [-0.05, 0) is 74.8 Å². The predicted octanol–water partition coefficient (Wildman–Crippen LogP) is 1.77. The van der Waals surface area contributed by atoms with E-state index in [1.165, 1.54) is 7.11 Å². The number of benzene rings is 2. The van der Waals surface area contributed by atoms with Crippen molar-refractivity contribution in [2.75, 3.05) is 20.2 Å². The van der Waals surface area contributed by atoms with Crippen LogP contribution in [0.5, 0.6) is 5.75 Å². The normalized spacial score (nSPS) is 15.0. The van der Waals surface area contributed by atoms with Crippen molar-refractivity contribution in [2.45, 2.75) is 69.9 Å². The van der Waals surface area contributed by atoms with Crippen molar-refractivity contribution < 1.29 is 32.6 Å². The lowest BCUT2D eigenvalue weighted by molar-refractivity contribution is -0.139. The lowest BCUT2D eigenvalue weighted by Gasteiger charge is -2.31. The molecule has 0 bridgehead atoms. The number of rotatable bonds is 11. The van der Waals surface area contributed by atoms with E-state index in [1.54, 1.807) is 56.0 Å². The molecule has 42 heavy (non-hydrogen) atoms. The summed E-state index contributed by atoms with van der Waals surface area (Å²) in [6.07, 6.45) is 2.19. The molecule has 6 N–H and O–H groups in total. The molecule has 0 unspecified atom stereocenters. The molecule has 13 heteroatoms. The zero-order chi connectivity index (χ0) is 31.2. The number of sulfonamides is 1. The van der Waals surface area contributed by atoms with Crippen LogP contribution in [0.4, 0.5) is 0 Å². The number of piperidine rings is 1. The molecule has 1 aliphatic rings. The molecule has 2 atom stereocenters. The summed E-state index contributed by atoms with van der Waals surface area (Å²) < 4.78 is 35.5. The van der Waals surface area contributed by atoms with Crippen LogP contribution < -0.4 is 20.5 Å². The number of methoxy groups -OCH3 is 1. The number of amidine groups is 1. The topological polar surface area (TPSA) is 192 Å². The molecule has 1 saturated heterocycles. The van der Waals surface area contributed by atoms with E-state index in [9.17, 15) is 22.8 Å². The quantitative estimate of drug-likeness (QED) is 0.190. The third-order valence-corrected chi connectivity index (χ3v) is 9.15. The van der Waals surface area contributed by atoms with Gasteiger partial charge in [0.2, 0.25) is 21.8 Å². The molecule has 0 aliphatic carbocycles. The molecule has 12 nitrogen and oxygen atoms in total. The fourth-order valence-corrected chi connectivity index (χ4v) is 6.73. The van der Waals surface area contributed by atoms with Gasteiger partial charge in [0.1, 0.15) is 17.6 Å². The summed E-state index contributed by atoms with van der Waals surface area (Å²) in [5.74, 6) is -2.03. The first-order valence-corrected chi connectivity index (χ1v) is 15.2. The largest absolute Gasteiger partial charge is 0.496 e. The number of nitrogens with zero attached hydrogens (tertiary/aromatic N) is 1. The van der Waals surface area contributed by atoms with E-state index < -0.39 is 40.4 Å².